The van der Waals surface area contributed by atoms with E-state index in [9.17, 15) is 13.0 Å². The maximum absolute atomic E-state index is 12.7. The topological polar surface area (TPSA) is 79.5 Å². The molecule has 0 saturated carbocycles. The fourth-order valence-corrected chi connectivity index (χ4v) is 3.78. The van der Waals surface area contributed by atoms with E-state index in [-0.39, 0.29) is 12.5 Å². The Morgan fingerprint density at radius 3 is 2.39 bits per heavy atom. The van der Waals surface area contributed by atoms with E-state index >= 15 is 0 Å². The van der Waals surface area contributed by atoms with Crippen LogP contribution in [0.3, 0.4) is 0 Å². The minimum Gasteiger partial charge on any atom is -0.415 e. The van der Waals surface area contributed by atoms with Crippen molar-refractivity contribution < 1.29 is 22.5 Å². The number of aliphatic hydroxyl groups is 1. The first kappa shape index (κ1) is 20.1. The van der Waals surface area contributed by atoms with E-state index in [1.54, 1.807) is 28.6 Å². The third-order valence-corrected chi connectivity index (χ3v) is 5.39. The molecular weight excluding hydrogens is 388 g/mol. The molecule has 0 fully saturated rings. The third-order valence-electron chi connectivity index (χ3n) is 3.92. The summed E-state index contributed by atoms with van der Waals surface area (Å²) in [6.07, 6.45) is -2.37. The first-order valence-corrected chi connectivity index (χ1v) is 9.89. The molecule has 0 aliphatic heterocycles. The lowest BCUT2D eigenvalue weighted by atomic mass is 10.1. The normalized spacial score (nSPS) is 12.3. The number of halogens is 2. The molecule has 0 aliphatic carbocycles. The molecule has 2 aromatic carbocycles. The molecule has 3 rings (SSSR count). The predicted molar refractivity (Wildman–Crippen MR) is 102 cm³/mol. The van der Waals surface area contributed by atoms with Crippen molar-refractivity contribution >= 4 is 16.7 Å². The lowest BCUT2D eigenvalue weighted by molar-refractivity contribution is 0.116. The molecule has 3 aromatic rings. The van der Waals surface area contributed by atoms with Gasteiger partial charge in [-0.15, -0.1) is 10.2 Å². The Balaban J connectivity index is 1.77. The van der Waals surface area contributed by atoms with Crippen LogP contribution in [0.4, 0.5) is 14.5 Å². The van der Waals surface area contributed by atoms with Crippen molar-refractivity contribution in [2.45, 2.75) is 19.4 Å². The van der Waals surface area contributed by atoms with Gasteiger partial charge in [-0.05, 0) is 36.2 Å². The fraction of sp³-hybridized carbons (Fsp3) is 0.263. The number of nitrogens with zero attached hydrogens (tertiary/aromatic N) is 3. The molecule has 148 valence electrons. The van der Waals surface area contributed by atoms with Gasteiger partial charge >= 0.3 is 6.43 Å². The van der Waals surface area contributed by atoms with Crippen LogP contribution < -0.4 is 4.31 Å². The van der Waals surface area contributed by atoms with Crippen molar-refractivity contribution in [1.82, 2.24) is 10.2 Å². The van der Waals surface area contributed by atoms with Crippen LogP contribution in [0.2, 0.25) is 0 Å². The minimum absolute atomic E-state index is 0.0200. The average Bonchev–Trinajstić information content (AvgIpc) is 3.22. The summed E-state index contributed by atoms with van der Waals surface area (Å²) in [5.74, 6) is -0.344. The van der Waals surface area contributed by atoms with E-state index < -0.39 is 23.3 Å². The van der Waals surface area contributed by atoms with E-state index in [1.807, 2.05) is 30.3 Å². The highest BCUT2D eigenvalue weighted by Gasteiger charge is 2.18. The first-order chi connectivity index (χ1) is 13.6. The van der Waals surface area contributed by atoms with Crippen LogP contribution in [-0.4, -0.2) is 31.9 Å². The minimum atomic E-state index is -2.81. The molecule has 1 unspecified atom stereocenters. The highest BCUT2D eigenvalue weighted by atomic mass is 32.2. The van der Waals surface area contributed by atoms with Gasteiger partial charge in [0.05, 0.1) is 6.54 Å². The van der Waals surface area contributed by atoms with Gasteiger partial charge in [0.1, 0.15) is 11.0 Å². The second kappa shape index (κ2) is 9.52. The van der Waals surface area contributed by atoms with Gasteiger partial charge in [-0.1, -0.05) is 30.3 Å². The molecule has 1 aromatic heterocycles. The van der Waals surface area contributed by atoms with Gasteiger partial charge in [0.15, 0.2) is 0 Å². The summed E-state index contributed by atoms with van der Waals surface area (Å²) < 4.78 is 44.6. The number of aliphatic hydroxyl groups excluding tert-OH is 1. The Morgan fingerprint density at radius 2 is 1.79 bits per heavy atom. The quantitative estimate of drug-likeness (QED) is 0.585. The summed E-state index contributed by atoms with van der Waals surface area (Å²) >= 11 is 0. The number of hydrogen-bond acceptors (Lipinski definition) is 5. The maximum Gasteiger partial charge on any atom is 0.314 e. The average molecular weight is 407 g/mol. The predicted octanol–water partition coefficient (Wildman–Crippen LogP) is 3.73. The third kappa shape index (κ3) is 4.99. The molecule has 0 amide bonds. The van der Waals surface area contributed by atoms with Gasteiger partial charge in [-0.3, -0.25) is 4.31 Å². The first-order valence-electron chi connectivity index (χ1n) is 8.61. The number of rotatable bonds is 9. The molecule has 9 heteroatoms. The molecule has 1 heterocycles. The molecular formula is C19H19F2N3O3S. The number of aromatic nitrogens is 2. The Labute approximate surface area is 163 Å². The molecule has 0 spiro atoms. The van der Waals surface area contributed by atoms with Crippen LogP contribution in [0.5, 0.6) is 0 Å². The van der Waals surface area contributed by atoms with Crippen LogP contribution >= 0.6 is 0 Å². The van der Waals surface area contributed by atoms with Crippen LogP contribution in [0.25, 0.3) is 11.5 Å². The summed E-state index contributed by atoms with van der Waals surface area (Å²) in [6, 6.07) is 16.3. The van der Waals surface area contributed by atoms with Gasteiger partial charge in [0.25, 0.3) is 5.89 Å². The summed E-state index contributed by atoms with van der Waals surface area (Å²) in [6.45, 7) is 0.363. The van der Waals surface area contributed by atoms with Crippen molar-refractivity contribution in [2.75, 3.05) is 16.7 Å². The van der Waals surface area contributed by atoms with Gasteiger partial charge in [0, 0.05) is 23.6 Å². The number of para-hydroxylation sites is 1. The van der Waals surface area contributed by atoms with Crippen molar-refractivity contribution in [3.8, 4) is 11.5 Å². The highest BCUT2D eigenvalue weighted by molar-refractivity contribution is 7.86. The standard InChI is InChI=1S/C19H19F2N3O3S/c20-17(21)19-23-22-18(27-19)15-9-7-14(8-10-15)13-24(28(26)12-4-11-25)16-5-2-1-3-6-16/h1-3,5-10,17,25H,4,11-13H2. The monoisotopic (exact) mass is 407 g/mol. The van der Waals surface area contributed by atoms with Gasteiger partial charge in [-0.25, -0.2) is 4.21 Å². The molecule has 0 saturated heterocycles. The van der Waals surface area contributed by atoms with Crippen LogP contribution in [0.15, 0.2) is 59.0 Å². The smallest absolute Gasteiger partial charge is 0.314 e. The summed E-state index contributed by atoms with van der Waals surface area (Å²) in [4.78, 5) is 0. The summed E-state index contributed by atoms with van der Waals surface area (Å²) in [7, 11) is -1.30. The van der Waals surface area contributed by atoms with E-state index in [2.05, 4.69) is 10.2 Å². The Kier molecular flexibility index (Phi) is 6.83. The zero-order valence-electron chi connectivity index (χ0n) is 14.9. The Bertz CT molecular complexity index is 904. The number of alkyl halides is 2. The lowest BCUT2D eigenvalue weighted by Crippen LogP contribution is -2.27. The highest BCUT2D eigenvalue weighted by Crippen LogP contribution is 2.25. The Morgan fingerprint density at radius 1 is 1.07 bits per heavy atom. The van der Waals surface area contributed by atoms with E-state index in [0.29, 0.717) is 24.3 Å². The molecule has 0 aliphatic rings. The van der Waals surface area contributed by atoms with E-state index in [1.165, 1.54) is 0 Å². The number of anilines is 1. The molecule has 1 N–H and O–H groups in total. The van der Waals surface area contributed by atoms with Crippen molar-refractivity contribution in [3.05, 3.63) is 66.1 Å². The summed E-state index contributed by atoms with van der Waals surface area (Å²) in [5.41, 5.74) is 2.20. The lowest BCUT2D eigenvalue weighted by Gasteiger charge is -2.23. The van der Waals surface area contributed by atoms with Crippen LogP contribution in [0.1, 0.15) is 24.3 Å². The van der Waals surface area contributed by atoms with E-state index in [4.69, 9.17) is 9.52 Å². The molecule has 0 bridgehead atoms. The largest absolute Gasteiger partial charge is 0.415 e. The van der Waals surface area contributed by atoms with Gasteiger partial charge in [0.2, 0.25) is 5.89 Å². The molecule has 1 atom stereocenters. The molecule has 0 radical (unpaired) electrons. The molecule has 6 nitrogen and oxygen atoms in total. The second-order valence-electron chi connectivity index (χ2n) is 5.92. The number of hydrogen-bond donors (Lipinski definition) is 1. The summed E-state index contributed by atoms with van der Waals surface area (Å²) in [5, 5.41) is 16.0. The fourth-order valence-electron chi connectivity index (χ4n) is 2.53. The zero-order chi connectivity index (χ0) is 19.9. The SMILES string of the molecule is O=S(CCCO)N(Cc1ccc(-c2nnc(C(F)F)o2)cc1)c1ccccc1. The molecule has 28 heavy (non-hydrogen) atoms. The van der Waals surface area contributed by atoms with Gasteiger partial charge < -0.3 is 9.52 Å². The Hall–Kier alpha value is -2.65. The number of benzene rings is 2. The van der Waals surface area contributed by atoms with Crippen molar-refractivity contribution in [2.24, 2.45) is 0 Å². The van der Waals surface area contributed by atoms with Crippen molar-refractivity contribution in [1.29, 1.82) is 0 Å². The van der Waals surface area contributed by atoms with Gasteiger partial charge in [-0.2, -0.15) is 8.78 Å². The zero-order valence-corrected chi connectivity index (χ0v) is 15.7. The van der Waals surface area contributed by atoms with Crippen LogP contribution in [0, 0.1) is 0 Å². The van der Waals surface area contributed by atoms with Crippen LogP contribution in [-0.2, 0) is 17.5 Å². The van der Waals surface area contributed by atoms with E-state index in [0.717, 1.165) is 11.3 Å². The maximum atomic E-state index is 12.7. The van der Waals surface area contributed by atoms with Crippen molar-refractivity contribution in [3.63, 3.8) is 0 Å². The second-order valence-corrected chi connectivity index (χ2v) is 7.41.